The summed E-state index contributed by atoms with van der Waals surface area (Å²) in [6.07, 6.45) is 1.07. The van der Waals surface area contributed by atoms with Gasteiger partial charge < -0.3 is 9.80 Å². The number of nitrogens with zero attached hydrogens (tertiary/aromatic N) is 2. The summed E-state index contributed by atoms with van der Waals surface area (Å²) in [4.78, 5) is 16.2. The number of hydrogen-bond donors (Lipinski definition) is 0. The zero-order chi connectivity index (χ0) is 11.5. The van der Waals surface area contributed by atoms with Crippen LogP contribution < -0.4 is 0 Å². The summed E-state index contributed by atoms with van der Waals surface area (Å²) < 4.78 is 0. The van der Waals surface area contributed by atoms with Crippen molar-refractivity contribution in [3.8, 4) is 0 Å². The van der Waals surface area contributed by atoms with Crippen molar-refractivity contribution < 1.29 is 4.79 Å². The molecule has 1 aliphatic heterocycles. The van der Waals surface area contributed by atoms with Gasteiger partial charge in [0.2, 0.25) is 0 Å². The van der Waals surface area contributed by atoms with Crippen molar-refractivity contribution >= 4 is 5.91 Å². The Bertz CT molecular complexity index is 361. The third-order valence-electron chi connectivity index (χ3n) is 3.15. The Kier molecular flexibility index (Phi) is 3.25. The van der Waals surface area contributed by atoms with E-state index in [1.807, 2.05) is 17.0 Å². The summed E-state index contributed by atoms with van der Waals surface area (Å²) >= 11 is 0. The normalized spacial score (nSPS) is 20.4. The van der Waals surface area contributed by atoms with Gasteiger partial charge in [0.1, 0.15) is 0 Å². The molecule has 0 saturated carbocycles. The molecule has 1 atom stereocenters. The number of rotatable bonds is 2. The van der Waals surface area contributed by atoms with E-state index in [1.165, 1.54) is 0 Å². The third kappa shape index (κ3) is 2.25. The second-order valence-corrected chi connectivity index (χ2v) is 4.45. The summed E-state index contributed by atoms with van der Waals surface area (Å²) in [5, 5.41) is 0. The minimum Gasteiger partial charge on any atom is -0.337 e. The van der Waals surface area contributed by atoms with E-state index >= 15 is 0 Å². The number of benzene rings is 1. The molecule has 0 spiro atoms. The first-order valence-corrected chi connectivity index (χ1v) is 5.60. The molecule has 0 unspecified atom stereocenters. The van der Waals surface area contributed by atoms with Crippen LogP contribution in [0.3, 0.4) is 0 Å². The molecule has 0 aromatic heterocycles. The molecule has 2 rings (SSSR count). The molecule has 3 heteroatoms. The Morgan fingerprint density at radius 3 is 2.69 bits per heavy atom. The molecular weight excluding hydrogens is 200 g/mol. The fourth-order valence-electron chi connectivity index (χ4n) is 2.06. The van der Waals surface area contributed by atoms with Crippen LogP contribution >= 0.6 is 0 Å². The van der Waals surface area contributed by atoms with Gasteiger partial charge >= 0.3 is 0 Å². The minimum atomic E-state index is 0.137. The first-order valence-electron chi connectivity index (χ1n) is 5.60. The number of hydrogen-bond acceptors (Lipinski definition) is 2. The van der Waals surface area contributed by atoms with Crippen LogP contribution in [0.5, 0.6) is 0 Å². The Morgan fingerprint density at radius 2 is 2.12 bits per heavy atom. The molecule has 16 heavy (non-hydrogen) atoms. The van der Waals surface area contributed by atoms with Crippen LogP contribution in [0.2, 0.25) is 0 Å². The molecule has 1 aromatic rings. The molecule has 0 bridgehead atoms. The highest BCUT2D eigenvalue weighted by Crippen LogP contribution is 2.16. The molecular formula is C13H17N2O. The third-order valence-corrected chi connectivity index (χ3v) is 3.15. The van der Waals surface area contributed by atoms with Gasteiger partial charge in [0, 0.05) is 24.7 Å². The predicted octanol–water partition coefficient (Wildman–Crippen LogP) is 1.26. The number of carbonyl (C=O) groups is 1. The van der Waals surface area contributed by atoms with Crippen molar-refractivity contribution in [2.75, 3.05) is 27.2 Å². The minimum absolute atomic E-state index is 0.137. The lowest BCUT2D eigenvalue weighted by molar-refractivity contribution is 0.0783. The topological polar surface area (TPSA) is 23.6 Å². The lowest BCUT2D eigenvalue weighted by Gasteiger charge is -2.20. The van der Waals surface area contributed by atoms with E-state index in [0.29, 0.717) is 6.04 Å². The van der Waals surface area contributed by atoms with Gasteiger partial charge in [-0.15, -0.1) is 0 Å². The van der Waals surface area contributed by atoms with Gasteiger partial charge in [-0.05, 0) is 38.7 Å². The lowest BCUT2D eigenvalue weighted by atomic mass is 10.2. The van der Waals surface area contributed by atoms with Gasteiger partial charge in [-0.2, -0.15) is 0 Å². The van der Waals surface area contributed by atoms with Crippen molar-refractivity contribution in [2.45, 2.75) is 12.5 Å². The lowest BCUT2D eigenvalue weighted by Crippen LogP contribution is -2.34. The van der Waals surface area contributed by atoms with E-state index in [-0.39, 0.29) is 5.91 Å². The maximum atomic E-state index is 12.1. The fraction of sp³-hybridized carbons (Fsp3) is 0.462. The van der Waals surface area contributed by atoms with Gasteiger partial charge in [0.25, 0.3) is 5.91 Å². The average molecular weight is 217 g/mol. The number of amides is 1. The highest BCUT2D eigenvalue weighted by Gasteiger charge is 2.27. The van der Waals surface area contributed by atoms with Crippen molar-refractivity contribution in [3.63, 3.8) is 0 Å². The Labute approximate surface area is 96.7 Å². The summed E-state index contributed by atoms with van der Waals surface area (Å²) in [6.45, 7) is 1.70. The smallest absolute Gasteiger partial charge is 0.253 e. The monoisotopic (exact) mass is 217 g/mol. The fourth-order valence-corrected chi connectivity index (χ4v) is 2.06. The summed E-state index contributed by atoms with van der Waals surface area (Å²) in [7, 11) is 4.13. The van der Waals surface area contributed by atoms with Crippen LogP contribution in [0.25, 0.3) is 0 Å². The summed E-state index contributed by atoms with van der Waals surface area (Å²) in [5.74, 6) is 0.137. The average Bonchev–Trinajstić information content (AvgIpc) is 2.78. The molecule has 1 aromatic carbocycles. The first-order chi connectivity index (χ1) is 7.68. The van der Waals surface area contributed by atoms with Gasteiger partial charge in [-0.25, -0.2) is 0 Å². The van der Waals surface area contributed by atoms with Gasteiger partial charge in [0.05, 0.1) is 0 Å². The maximum Gasteiger partial charge on any atom is 0.253 e. The molecule has 1 radical (unpaired) electrons. The van der Waals surface area contributed by atoms with E-state index in [4.69, 9.17) is 0 Å². The van der Waals surface area contributed by atoms with E-state index in [1.54, 1.807) is 12.1 Å². The van der Waals surface area contributed by atoms with Crippen LogP contribution in [0.4, 0.5) is 0 Å². The molecule has 1 saturated heterocycles. The number of likely N-dealkylation sites (N-methyl/N-ethyl adjacent to an activating group) is 1. The first kappa shape index (κ1) is 11.1. The highest BCUT2D eigenvalue weighted by atomic mass is 16.2. The maximum absolute atomic E-state index is 12.1. The van der Waals surface area contributed by atoms with Crippen molar-refractivity contribution in [1.82, 2.24) is 9.80 Å². The van der Waals surface area contributed by atoms with E-state index in [2.05, 4.69) is 25.1 Å². The van der Waals surface area contributed by atoms with E-state index < -0.39 is 0 Å². The number of carbonyl (C=O) groups excluding carboxylic acids is 1. The molecule has 3 nitrogen and oxygen atoms in total. The van der Waals surface area contributed by atoms with E-state index in [0.717, 1.165) is 25.1 Å². The molecule has 1 heterocycles. The SMILES string of the molecule is CN(C)[C@@H]1CCN(C(=O)c2cc[c]cc2)C1. The van der Waals surface area contributed by atoms with Gasteiger partial charge in [0.15, 0.2) is 0 Å². The zero-order valence-electron chi connectivity index (χ0n) is 9.81. The standard InChI is InChI=1S/C13H17N2O/c1-14(2)12-8-9-15(10-12)13(16)11-6-4-3-5-7-11/h4-7,12H,8-10H2,1-2H3/t12-/m1/s1. The zero-order valence-corrected chi connectivity index (χ0v) is 9.81. The second kappa shape index (κ2) is 4.66. The molecule has 0 aliphatic carbocycles. The predicted molar refractivity (Wildman–Crippen MR) is 63.3 cm³/mol. The van der Waals surface area contributed by atoms with Gasteiger partial charge in [-0.1, -0.05) is 12.1 Å². The van der Waals surface area contributed by atoms with Crippen molar-refractivity contribution in [2.24, 2.45) is 0 Å². The molecule has 85 valence electrons. The van der Waals surface area contributed by atoms with Crippen LogP contribution in [-0.2, 0) is 0 Å². The van der Waals surface area contributed by atoms with Crippen LogP contribution in [0.15, 0.2) is 24.3 Å². The van der Waals surface area contributed by atoms with Crippen molar-refractivity contribution in [3.05, 3.63) is 35.9 Å². The van der Waals surface area contributed by atoms with Crippen LogP contribution in [0.1, 0.15) is 16.8 Å². The van der Waals surface area contributed by atoms with Gasteiger partial charge in [-0.3, -0.25) is 4.79 Å². The molecule has 1 amide bonds. The second-order valence-electron chi connectivity index (χ2n) is 4.45. The molecule has 1 fully saturated rings. The van der Waals surface area contributed by atoms with Crippen molar-refractivity contribution in [1.29, 1.82) is 0 Å². The highest BCUT2D eigenvalue weighted by molar-refractivity contribution is 5.94. The Morgan fingerprint density at radius 1 is 1.44 bits per heavy atom. The summed E-state index contributed by atoms with van der Waals surface area (Å²) in [6, 6.07) is 10.6. The molecule has 1 aliphatic rings. The Balaban J connectivity index is 2.03. The number of likely N-dealkylation sites (tertiary alicyclic amines) is 1. The quantitative estimate of drug-likeness (QED) is 0.744. The van der Waals surface area contributed by atoms with Crippen LogP contribution in [0, 0.1) is 6.07 Å². The molecule has 0 N–H and O–H groups in total. The van der Waals surface area contributed by atoms with E-state index in [9.17, 15) is 4.79 Å². The Hall–Kier alpha value is -1.35. The largest absolute Gasteiger partial charge is 0.337 e. The van der Waals surface area contributed by atoms with Crippen LogP contribution in [-0.4, -0.2) is 48.9 Å². The summed E-state index contributed by atoms with van der Waals surface area (Å²) in [5.41, 5.74) is 0.762.